The van der Waals surface area contributed by atoms with Crippen molar-refractivity contribution < 1.29 is 14.3 Å². The molecule has 0 N–H and O–H groups in total. The van der Waals surface area contributed by atoms with E-state index in [1.165, 1.54) is 0 Å². The van der Waals surface area contributed by atoms with Crippen molar-refractivity contribution in [3.8, 4) is 0 Å². The van der Waals surface area contributed by atoms with E-state index in [0.29, 0.717) is 5.56 Å². The normalized spacial score (nSPS) is 14.4. The molecule has 1 heterocycles. The van der Waals surface area contributed by atoms with Gasteiger partial charge < -0.3 is 9.64 Å². The highest BCUT2D eigenvalue weighted by atomic mass is 16.5. The molecule has 0 radical (unpaired) electrons. The zero-order valence-corrected chi connectivity index (χ0v) is 11.7. The molecule has 0 spiro atoms. The average molecular weight is 283 g/mol. The Bertz CT molecular complexity index is 675. The Morgan fingerprint density at radius 1 is 1.00 bits per heavy atom. The number of ether oxygens (including phenoxy) is 1. The number of fused-ring (bicyclic) bond motifs is 1. The van der Waals surface area contributed by atoms with Gasteiger partial charge in [0.25, 0.3) is 5.91 Å². The molecule has 1 fully saturated rings. The van der Waals surface area contributed by atoms with E-state index < -0.39 is 5.97 Å². The van der Waals surface area contributed by atoms with Crippen LogP contribution in [-0.2, 0) is 9.53 Å². The summed E-state index contributed by atoms with van der Waals surface area (Å²) in [4.78, 5) is 25.6. The first-order valence-corrected chi connectivity index (χ1v) is 7.18. The van der Waals surface area contributed by atoms with Crippen LogP contribution in [0.15, 0.2) is 42.5 Å². The fourth-order valence-corrected chi connectivity index (χ4v) is 2.58. The first-order chi connectivity index (χ1) is 10.2. The van der Waals surface area contributed by atoms with Crippen LogP contribution in [0.2, 0.25) is 0 Å². The molecular weight excluding hydrogens is 266 g/mol. The van der Waals surface area contributed by atoms with Crippen molar-refractivity contribution in [2.75, 3.05) is 19.7 Å². The summed E-state index contributed by atoms with van der Waals surface area (Å²) in [6.07, 6.45) is 2.06. The largest absolute Gasteiger partial charge is 0.452 e. The van der Waals surface area contributed by atoms with Crippen molar-refractivity contribution in [1.82, 2.24) is 4.90 Å². The fraction of sp³-hybridized carbons (Fsp3) is 0.294. The Morgan fingerprint density at radius 2 is 1.71 bits per heavy atom. The van der Waals surface area contributed by atoms with Crippen LogP contribution in [0.5, 0.6) is 0 Å². The molecule has 2 aromatic rings. The van der Waals surface area contributed by atoms with E-state index in [1.54, 1.807) is 17.0 Å². The van der Waals surface area contributed by atoms with Gasteiger partial charge in [0.1, 0.15) is 0 Å². The maximum Gasteiger partial charge on any atom is 0.338 e. The van der Waals surface area contributed by atoms with E-state index in [2.05, 4.69) is 0 Å². The number of hydrogen-bond acceptors (Lipinski definition) is 3. The van der Waals surface area contributed by atoms with E-state index >= 15 is 0 Å². The van der Waals surface area contributed by atoms with Gasteiger partial charge in [0.2, 0.25) is 0 Å². The van der Waals surface area contributed by atoms with Crippen molar-refractivity contribution in [1.29, 1.82) is 0 Å². The van der Waals surface area contributed by atoms with Gasteiger partial charge in [-0.25, -0.2) is 4.79 Å². The van der Waals surface area contributed by atoms with E-state index in [1.807, 2.05) is 30.3 Å². The molecule has 4 heteroatoms. The average Bonchev–Trinajstić information content (AvgIpc) is 3.06. The van der Waals surface area contributed by atoms with Crippen LogP contribution in [0.25, 0.3) is 10.8 Å². The summed E-state index contributed by atoms with van der Waals surface area (Å²) in [5, 5.41) is 2.06. The second-order valence-corrected chi connectivity index (χ2v) is 5.23. The minimum absolute atomic E-state index is 0.110. The van der Waals surface area contributed by atoms with Crippen molar-refractivity contribution in [2.45, 2.75) is 12.8 Å². The number of rotatable bonds is 3. The van der Waals surface area contributed by atoms with E-state index in [0.717, 1.165) is 36.7 Å². The highest BCUT2D eigenvalue weighted by molar-refractivity contribution is 5.96. The summed E-state index contributed by atoms with van der Waals surface area (Å²) in [7, 11) is 0. The zero-order valence-electron chi connectivity index (χ0n) is 11.7. The van der Waals surface area contributed by atoms with Gasteiger partial charge in [0.15, 0.2) is 6.61 Å². The van der Waals surface area contributed by atoms with Crippen LogP contribution < -0.4 is 0 Å². The van der Waals surface area contributed by atoms with Crippen LogP contribution in [-0.4, -0.2) is 36.5 Å². The molecule has 1 amide bonds. The van der Waals surface area contributed by atoms with E-state index in [4.69, 9.17) is 4.74 Å². The van der Waals surface area contributed by atoms with Crippen LogP contribution in [0.4, 0.5) is 0 Å². The molecule has 0 bridgehead atoms. The molecule has 0 atom stereocenters. The number of carbonyl (C=O) groups is 2. The predicted octanol–water partition coefficient (Wildman–Crippen LogP) is 2.62. The first kappa shape index (κ1) is 13.6. The van der Waals surface area contributed by atoms with Gasteiger partial charge in [0.05, 0.1) is 5.56 Å². The first-order valence-electron chi connectivity index (χ1n) is 7.18. The monoisotopic (exact) mass is 283 g/mol. The predicted molar refractivity (Wildman–Crippen MR) is 80.0 cm³/mol. The summed E-state index contributed by atoms with van der Waals surface area (Å²) in [6.45, 7) is 1.37. The highest BCUT2D eigenvalue weighted by Gasteiger charge is 2.19. The summed E-state index contributed by atoms with van der Waals surface area (Å²) >= 11 is 0. The maximum absolute atomic E-state index is 12.0. The molecule has 0 saturated carbocycles. The Labute approximate surface area is 123 Å². The Hall–Kier alpha value is -2.36. The van der Waals surface area contributed by atoms with E-state index in [9.17, 15) is 9.59 Å². The third-order valence-corrected chi connectivity index (χ3v) is 3.77. The van der Waals surface area contributed by atoms with Gasteiger partial charge in [-0.1, -0.05) is 30.3 Å². The van der Waals surface area contributed by atoms with Gasteiger partial charge in [-0.05, 0) is 35.7 Å². The van der Waals surface area contributed by atoms with Gasteiger partial charge in [-0.3, -0.25) is 4.79 Å². The topological polar surface area (TPSA) is 46.6 Å². The van der Waals surface area contributed by atoms with Gasteiger partial charge in [-0.2, -0.15) is 0 Å². The van der Waals surface area contributed by atoms with Gasteiger partial charge in [-0.15, -0.1) is 0 Å². The maximum atomic E-state index is 12.0. The Balaban J connectivity index is 1.64. The van der Waals surface area contributed by atoms with Crippen molar-refractivity contribution in [3.63, 3.8) is 0 Å². The molecule has 0 unspecified atom stereocenters. The highest BCUT2D eigenvalue weighted by Crippen LogP contribution is 2.16. The third-order valence-electron chi connectivity index (χ3n) is 3.77. The Kier molecular flexibility index (Phi) is 3.86. The second kappa shape index (κ2) is 5.95. The molecule has 108 valence electrons. The lowest BCUT2D eigenvalue weighted by atomic mass is 10.1. The molecule has 3 rings (SSSR count). The fourth-order valence-electron chi connectivity index (χ4n) is 2.58. The molecule has 0 aliphatic carbocycles. The lowest BCUT2D eigenvalue weighted by molar-refractivity contribution is -0.133. The number of hydrogen-bond donors (Lipinski definition) is 0. The number of amides is 1. The summed E-state index contributed by atoms with van der Waals surface area (Å²) in [5.41, 5.74) is 0.475. The second-order valence-electron chi connectivity index (χ2n) is 5.23. The number of carbonyl (C=O) groups excluding carboxylic acids is 2. The minimum Gasteiger partial charge on any atom is -0.452 e. The summed E-state index contributed by atoms with van der Waals surface area (Å²) in [5.74, 6) is -0.560. The third kappa shape index (κ3) is 3.05. The standard InChI is InChI=1S/C17H17NO3/c19-16(18-9-3-4-10-18)12-21-17(20)15-8-7-13-5-1-2-6-14(13)11-15/h1-2,5-8,11H,3-4,9-10,12H2. The van der Waals surface area contributed by atoms with Crippen molar-refractivity contribution in [3.05, 3.63) is 48.0 Å². The number of benzene rings is 2. The Morgan fingerprint density at radius 3 is 2.48 bits per heavy atom. The molecule has 1 saturated heterocycles. The molecular formula is C17H17NO3. The van der Waals surface area contributed by atoms with Gasteiger partial charge in [0, 0.05) is 13.1 Å². The molecule has 4 nitrogen and oxygen atoms in total. The summed E-state index contributed by atoms with van der Waals surface area (Å²) in [6, 6.07) is 13.2. The lowest BCUT2D eigenvalue weighted by Gasteiger charge is -2.14. The number of esters is 1. The zero-order chi connectivity index (χ0) is 14.7. The van der Waals surface area contributed by atoms with E-state index in [-0.39, 0.29) is 12.5 Å². The molecule has 0 aromatic heterocycles. The molecule has 21 heavy (non-hydrogen) atoms. The van der Waals surface area contributed by atoms with Crippen LogP contribution in [0, 0.1) is 0 Å². The van der Waals surface area contributed by atoms with Crippen LogP contribution in [0.1, 0.15) is 23.2 Å². The molecule has 1 aliphatic rings. The number of likely N-dealkylation sites (tertiary alicyclic amines) is 1. The number of nitrogens with zero attached hydrogens (tertiary/aromatic N) is 1. The van der Waals surface area contributed by atoms with Crippen LogP contribution >= 0.6 is 0 Å². The minimum atomic E-state index is -0.451. The molecule has 1 aliphatic heterocycles. The summed E-state index contributed by atoms with van der Waals surface area (Å²) < 4.78 is 5.12. The SMILES string of the molecule is O=C(OCC(=O)N1CCCC1)c1ccc2ccccc2c1. The molecule has 2 aromatic carbocycles. The van der Waals surface area contributed by atoms with Crippen molar-refractivity contribution in [2.24, 2.45) is 0 Å². The van der Waals surface area contributed by atoms with Crippen molar-refractivity contribution >= 4 is 22.6 Å². The quantitative estimate of drug-likeness (QED) is 0.813. The van der Waals surface area contributed by atoms with Gasteiger partial charge >= 0.3 is 5.97 Å². The smallest absolute Gasteiger partial charge is 0.338 e. The van der Waals surface area contributed by atoms with Crippen LogP contribution in [0.3, 0.4) is 0 Å². The lowest BCUT2D eigenvalue weighted by Crippen LogP contribution is -2.32.